The number of aromatic amines is 1. The summed E-state index contributed by atoms with van der Waals surface area (Å²) < 4.78 is 37.9. The Balaban J connectivity index is 1.59. The fraction of sp³-hybridized carbons (Fsp3) is 0.440. The van der Waals surface area contributed by atoms with Gasteiger partial charge in [-0.25, -0.2) is 9.55 Å². The third-order valence-electron chi connectivity index (χ3n) is 6.18. The molecule has 1 aliphatic rings. The van der Waals surface area contributed by atoms with Crippen molar-refractivity contribution in [3.05, 3.63) is 47.0 Å². The molecule has 0 radical (unpaired) electrons. The van der Waals surface area contributed by atoms with Crippen LogP contribution in [0.3, 0.4) is 0 Å². The number of fused-ring (bicyclic) bond motifs is 1. The van der Waals surface area contributed by atoms with Gasteiger partial charge in [-0.2, -0.15) is 4.98 Å². The lowest BCUT2D eigenvalue weighted by Crippen LogP contribution is -2.53. The van der Waals surface area contributed by atoms with Gasteiger partial charge in [-0.15, -0.1) is 6.42 Å². The molecule has 0 amide bonds. The van der Waals surface area contributed by atoms with Crippen LogP contribution in [-0.2, 0) is 23.4 Å². The number of nitrogens with one attached hydrogen (secondary N) is 1. The SMILES string of the molecule is C#CC1(N)[C@@H](O)[C@@H](CO[P@@](=O)(C[C@@H](C)C(=O)OC(C)C)Oc2ccccc2)O[C@H]1n1cnc2c(=O)[nH]c(N)nc21. The maximum absolute atomic E-state index is 13.9. The molecule has 6 N–H and O–H groups in total. The lowest BCUT2D eigenvalue weighted by atomic mass is 9.92. The number of terminal acetylenes is 1. The Labute approximate surface area is 229 Å². The van der Waals surface area contributed by atoms with Crippen LogP contribution in [0, 0.1) is 18.3 Å². The first-order valence-corrected chi connectivity index (χ1v) is 14.1. The monoisotopic (exact) mass is 574 g/mol. The van der Waals surface area contributed by atoms with Crippen LogP contribution in [0.1, 0.15) is 27.0 Å². The summed E-state index contributed by atoms with van der Waals surface area (Å²) >= 11 is 0. The number of nitrogens with zero attached hydrogens (tertiary/aromatic N) is 3. The predicted molar refractivity (Wildman–Crippen MR) is 144 cm³/mol. The number of carbonyl (C=O) groups is 1. The van der Waals surface area contributed by atoms with Gasteiger partial charge in [0.15, 0.2) is 22.9 Å². The van der Waals surface area contributed by atoms with Crippen molar-refractivity contribution in [2.24, 2.45) is 11.7 Å². The highest BCUT2D eigenvalue weighted by molar-refractivity contribution is 7.54. The minimum absolute atomic E-state index is 0.0284. The molecule has 1 fully saturated rings. The zero-order valence-corrected chi connectivity index (χ0v) is 23.0. The molecule has 0 bridgehead atoms. The van der Waals surface area contributed by atoms with Gasteiger partial charge in [0.2, 0.25) is 5.95 Å². The summed E-state index contributed by atoms with van der Waals surface area (Å²) in [4.78, 5) is 35.1. The van der Waals surface area contributed by atoms with E-state index in [2.05, 4.69) is 20.9 Å². The number of hydrogen-bond acceptors (Lipinski definition) is 12. The lowest BCUT2D eigenvalue weighted by Gasteiger charge is -2.27. The molecule has 0 spiro atoms. The van der Waals surface area contributed by atoms with E-state index in [4.69, 9.17) is 36.4 Å². The minimum atomic E-state index is -4.03. The van der Waals surface area contributed by atoms with Crippen LogP contribution >= 0.6 is 7.60 Å². The third-order valence-corrected chi connectivity index (χ3v) is 8.21. The topological polar surface area (TPSA) is 207 Å². The summed E-state index contributed by atoms with van der Waals surface area (Å²) in [6.07, 6.45) is 2.28. The average molecular weight is 575 g/mol. The molecule has 1 unspecified atom stereocenters. The fourth-order valence-corrected chi connectivity index (χ4v) is 6.08. The Morgan fingerprint density at radius 2 is 2.05 bits per heavy atom. The fourth-order valence-electron chi connectivity index (χ4n) is 4.21. The highest BCUT2D eigenvalue weighted by Gasteiger charge is 2.55. The molecule has 1 aromatic carbocycles. The maximum atomic E-state index is 13.9. The molecule has 6 atom stereocenters. The first kappa shape index (κ1) is 29.3. The Kier molecular flexibility index (Phi) is 8.34. The molecular formula is C25H31N6O8P. The maximum Gasteiger partial charge on any atom is 0.380 e. The molecule has 0 aliphatic carbocycles. The normalized spacial score (nSPS) is 24.9. The molecule has 2 aromatic heterocycles. The number of nitrogen functional groups attached to an aromatic ring is 1. The lowest BCUT2D eigenvalue weighted by molar-refractivity contribution is -0.151. The van der Waals surface area contributed by atoms with Gasteiger partial charge in [0.25, 0.3) is 5.56 Å². The van der Waals surface area contributed by atoms with Crippen LogP contribution < -0.4 is 21.6 Å². The van der Waals surface area contributed by atoms with Crippen molar-refractivity contribution in [2.45, 2.75) is 50.8 Å². The molecule has 15 heteroatoms. The van der Waals surface area contributed by atoms with Gasteiger partial charge in [0, 0.05) is 0 Å². The quantitative estimate of drug-likeness (QED) is 0.153. The molecule has 3 heterocycles. The van der Waals surface area contributed by atoms with E-state index >= 15 is 0 Å². The predicted octanol–water partition coefficient (Wildman–Crippen LogP) is 1.17. The van der Waals surface area contributed by atoms with E-state index in [1.807, 2.05) is 0 Å². The number of rotatable bonds is 10. The number of carbonyl (C=O) groups excluding carboxylic acids is 1. The number of aromatic nitrogens is 4. The summed E-state index contributed by atoms with van der Waals surface area (Å²) in [7, 11) is -4.03. The summed E-state index contributed by atoms with van der Waals surface area (Å²) in [5.74, 6) is 1.00. The van der Waals surface area contributed by atoms with Gasteiger partial charge in [-0.1, -0.05) is 31.0 Å². The van der Waals surface area contributed by atoms with Crippen molar-refractivity contribution in [2.75, 3.05) is 18.5 Å². The van der Waals surface area contributed by atoms with Gasteiger partial charge in [-0.3, -0.25) is 23.7 Å². The number of nitrogens with two attached hydrogens (primary N) is 2. The number of imidazole rings is 1. The van der Waals surface area contributed by atoms with E-state index in [-0.39, 0.29) is 35.1 Å². The largest absolute Gasteiger partial charge is 0.463 e. The zero-order chi connectivity index (χ0) is 29.2. The number of para-hydroxylation sites is 1. The molecule has 214 valence electrons. The van der Waals surface area contributed by atoms with Gasteiger partial charge >= 0.3 is 13.6 Å². The number of ether oxygens (including phenoxy) is 2. The molecule has 1 aliphatic heterocycles. The van der Waals surface area contributed by atoms with Crippen molar-refractivity contribution < 1.29 is 33.0 Å². The van der Waals surface area contributed by atoms with E-state index < -0.39 is 55.6 Å². The zero-order valence-electron chi connectivity index (χ0n) is 22.1. The van der Waals surface area contributed by atoms with Crippen LogP contribution in [0.5, 0.6) is 5.75 Å². The van der Waals surface area contributed by atoms with Gasteiger partial charge in [0.05, 0.1) is 31.1 Å². The van der Waals surface area contributed by atoms with E-state index in [9.17, 15) is 19.3 Å². The first-order chi connectivity index (χ1) is 18.9. The second kappa shape index (κ2) is 11.4. The summed E-state index contributed by atoms with van der Waals surface area (Å²) in [5.41, 5.74) is 9.64. The number of esters is 1. The van der Waals surface area contributed by atoms with Crippen molar-refractivity contribution in [1.29, 1.82) is 0 Å². The van der Waals surface area contributed by atoms with Gasteiger partial charge in [0.1, 0.15) is 18.0 Å². The highest BCUT2D eigenvalue weighted by Crippen LogP contribution is 2.51. The van der Waals surface area contributed by atoms with E-state index in [1.165, 1.54) is 10.9 Å². The Morgan fingerprint density at radius 3 is 2.70 bits per heavy atom. The van der Waals surface area contributed by atoms with Crippen LogP contribution in [0.15, 0.2) is 41.5 Å². The van der Waals surface area contributed by atoms with Crippen molar-refractivity contribution >= 4 is 30.7 Å². The number of hydrogen-bond donors (Lipinski definition) is 4. The van der Waals surface area contributed by atoms with E-state index in [1.54, 1.807) is 51.1 Å². The molecule has 1 saturated heterocycles. The molecule has 4 rings (SSSR count). The van der Waals surface area contributed by atoms with Crippen LogP contribution in [0.2, 0.25) is 0 Å². The second-order valence-electron chi connectivity index (χ2n) is 9.70. The molecule has 14 nitrogen and oxygen atoms in total. The van der Waals surface area contributed by atoms with Crippen LogP contribution in [0.25, 0.3) is 11.2 Å². The minimum Gasteiger partial charge on any atom is -0.463 e. The van der Waals surface area contributed by atoms with Gasteiger partial charge < -0.3 is 30.6 Å². The van der Waals surface area contributed by atoms with Gasteiger partial charge in [-0.05, 0) is 26.0 Å². The molecule has 0 saturated carbocycles. The molecule has 40 heavy (non-hydrogen) atoms. The van der Waals surface area contributed by atoms with Crippen molar-refractivity contribution in [3.63, 3.8) is 0 Å². The third kappa shape index (κ3) is 5.89. The first-order valence-electron chi connectivity index (χ1n) is 12.4. The number of aliphatic hydroxyl groups excluding tert-OH is 1. The average Bonchev–Trinajstić information content (AvgIpc) is 3.42. The van der Waals surface area contributed by atoms with Crippen molar-refractivity contribution in [1.82, 2.24) is 19.5 Å². The molecular weight excluding hydrogens is 543 g/mol. The summed E-state index contributed by atoms with van der Waals surface area (Å²) in [6, 6.07) is 8.28. The number of aliphatic hydroxyl groups is 1. The van der Waals surface area contributed by atoms with Crippen molar-refractivity contribution in [3.8, 4) is 18.1 Å². The van der Waals surface area contributed by atoms with E-state index in [0.29, 0.717) is 0 Å². The smallest absolute Gasteiger partial charge is 0.380 e. The summed E-state index contributed by atoms with van der Waals surface area (Å²) in [5, 5.41) is 11.1. The highest BCUT2D eigenvalue weighted by atomic mass is 31.2. The van der Waals surface area contributed by atoms with Crippen LogP contribution in [0.4, 0.5) is 5.95 Å². The standard InChI is InChI=1S/C25H31N6O8P/c1-5-25(27)19(32)17(38-23(25)31-13-28-18-20(31)29-24(26)30-21(18)33)11-36-40(35,39-16-9-7-6-8-10-16)12-15(4)22(34)37-14(2)3/h1,6-10,13-15,17,19,23,32H,11-12,27H2,2-4H3,(H3,26,29,30,33)/t15-,17-,19+,23-,25?,40+/m1/s1. The number of anilines is 1. The Morgan fingerprint density at radius 1 is 1.35 bits per heavy atom. The van der Waals surface area contributed by atoms with Crippen LogP contribution in [-0.4, -0.2) is 67.2 Å². The Bertz CT molecular complexity index is 1520. The Hall–Kier alpha value is -3.73. The number of benzene rings is 1. The van der Waals surface area contributed by atoms with E-state index in [0.717, 1.165) is 0 Å². The molecule has 3 aromatic rings. The number of H-pyrrole nitrogens is 1. The summed E-state index contributed by atoms with van der Waals surface area (Å²) in [6.45, 7) is 4.46. The second-order valence-corrected chi connectivity index (χ2v) is 11.7.